The molecule has 0 bridgehead atoms. The van der Waals surface area contributed by atoms with Gasteiger partial charge in [-0.05, 0) is 29.3 Å². The van der Waals surface area contributed by atoms with Crippen molar-refractivity contribution in [2.24, 2.45) is 5.10 Å². The minimum atomic E-state index is -0.00880. The molecule has 174 valence electrons. The third kappa shape index (κ3) is 4.51. The Balaban J connectivity index is 1.51. The number of anilines is 1. The Morgan fingerprint density at radius 1 is 0.611 bits per heavy atom. The fourth-order valence-corrected chi connectivity index (χ4v) is 4.62. The lowest BCUT2D eigenvalue weighted by Gasteiger charge is -2.23. The lowest BCUT2D eigenvalue weighted by atomic mass is 9.98. The number of rotatable bonds is 5. The van der Waals surface area contributed by atoms with Gasteiger partial charge in [0.1, 0.15) is 0 Å². The second-order valence-corrected chi connectivity index (χ2v) is 9.14. The van der Waals surface area contributed by atoms with Crippen molar-refractivity contribution in [2.45, 2.75) is 12.5 Å². The highest BCUT2D eigenvalue weighted by atomic mass is 35.5. The van der Waals surface area contributed by atoms with Gasteiger partial charge in [0.2, 0.25) is 5.95 Å². The number of benzene rings is 4. The van der Waals surface area contributed by atoms with Crippen LogP contribution in [0.3, 0.4) is 0 Å². The van der Waals surface area contributed by atoms with Crippen LogP contribution in [0, 0.1) is 0 Å². The van der Waals surface area contributed by atoms with Crippen LogP contribution in [-0.4, -0.2) is 15.7 Å². The van der Waals surface area contributed by atoms with E-state index >= 15 is 0 Å². The van der Waals surface area contributed by atoms with Crippen LogP contribution in [0.25, 0.3) is 22.5 Å². The zero-order valence-corrected chi connectivity index (χ0v) is 20.3. The molecule has 4 aromatic carbocycles. The molecule has 1 atom stereocenters. The Morgan fingerprint density at radius 3 is 1.75 bits per heavy atom. The molecule has 0 amide bonds. The van der Waals surface area contributed by atoms with Crippen molar-refractivity contribution in [1.82, 2.24) is 9.97 Å². The van der Waals surface area contributed by atoms with Crippen LogP contribution in [0.5, 0.6) is 0 Å². The first-order valence-corrected chi connectivity index (χ1v) is 12.3. The van der Waals surface area contributed by atoms with Crippen molar-refractivity contribution in [3.63, 3.8) is 0 Å². The van der Waals surface area contributed by atoms with Crippen molar-refractivity contribution in [3.8, 4) is 22.5 Å². The molecule has 1 aromatic heterocycles. The Hall–Kier alpha value is -4.28. The van der Waals surface area contributed by atoms with Gasteiger partial charge < -0.3 is 0 Å². The third-order valence-corrected chi connectivity index (χ3v) is 6.58. The van der Waals surface area contributed by atoms with Crippen LogP contribution in [0.1, 0.15) is 23.6 Å². The molecular weight excluding hydrogens is 464 g/mol. The molecule has 2 heterocycles. The van der Waals surface area contributed by atoms with Gasteiger partial charge in [-0.3, -0.25) is 0 Å². The maximum Gasteiger partial charge on any atom is 0.247 e. The second kappa shape index (κ2) is 9.76. The van der Waals surface area contributed by atoms with E-state index in [1.807, 2.05) is 77.8 Å². The zero-order chi connectivity index (χ0) is 24.3. The summed E-state index contributed by atoms with van der Waals surface area (Å²) in [6.07, 6.45) is 0.767. The van der Waals surface area contributed by atoms with Gasteiger partial charge in [-0.2, -0.15) is 5.10 Å². The highest BCUT2D eigenvalue weighted by molar-refractivity contribution is 6.30. The summed E-state index contributed by atoms with van der Waals surface area (Å²) in [5.41, 5.74) is 6.98. The molecular formula is C31H23ClN4. The average Bonchev–Trinajstić information content (AvgIpc) is 3.40. The SMILES string of the molecule is Clc1ccc(-c2cc(-c3ccccc3)nc(N3N=C(c4ccccc4)CC3c3ccccc3)n2)cc1. The molecule has 5 aromatic rings. The number of hydrazone groups is 1. The van der Waals surface area contributed by atoms with Gasteiger partial charge >= 0.3 is 0 Å². The summed E-state index contributed by atoms with van der Waals surface area (Å²) < 4.78 is 0. The predicted molar refractivity (Wildman–Crippen MR) is 147 cm³/mol. The number of hydrogen-bond acceptors (Lipinski definition) is 4. The van der Waals surface area contributed by atoms with E-state index in [2.05, 4.69) is 48.5 Å². The molecule has 1 aliphatic rings. The average molecular weight is 487 g/mol. The second-order valence-electron chi connectivity index (χ2n) is 8.70. The molecule has 0 saturated heterocycles. The smallest absolute Gasteiger partial charge is 0.223 e. The van der Waals surface area contributed by atoms with Crippen molar-refractivity contribution < 1.29 is 0 Å². The van der Waals surface area contributed by atoms with Crippen LogP contribution >= 0.6 is 11.6 Å². The van der Waals surface area contributed by atoms with Crippen LogP contribution in [0.2, 0.25) is 5.02 Å². The van der Waals surface area contributed by atoms with Gasteiger partial charge in [0.05, 0.1) is 23.1 Å². The number of aromatic nitrogens is 2. The highest BCUT2D eigenvalue weighted by Gasteiger charge is 2.32. The maximum atomic E-state index is 6.16. The summed E-state index contributed by atoms with van der Waals surface area (Å²) in [4.78, 5) is 10.0. The van der Waals surface area contributed by atoms with Crippen molar-refractivity contribution in [3.05, 3.63) is 137 Å². The molecule has 0 saturated carbocycles. The zero-order valence-electron chi connectivity index (χ0n) is 19.5. The highest BCUT2D eigenvalue weighted by Crippen LogP contribution is 2.37. The van der Waals surface area contributed by atoms with Crippen molar-refractivity contribution in [2.75, 3.05) is 5.01 Å². The van der Waals surface area contributed by atoms with Gasteiger partial charge in [-0.1, -0.05) is 115 Å². The van der Waals surface area contributed by atoms with E-state index in [1.54, 1.807) is 0 Å². The van der Waals surface area contributed by atoms with E-state index in [-0.39, 0.29) is 6.04 Å². The van der Waals surface area contributed by atoms with Crippen LogP contribution < -0.4 is 5.01 Å². The fourth-order valence-electron chi connectivity index (χ4n) is 4.50. The van der Waals surface area contributed by atoms with Crippen LogP contribution in [0.4, 0.5) is 5.95 Å². The number of hydrogen-bond donors (Lipinski definition) is 0. The summed E-state index contributed by atoms with van der Waals surface area (Å²) in [5, 5.41) is 7.74. The Bertz CT molecular complexity index is 1500. The third-order valence-electron chi connectivity index (χ3n) is 6.33. The van der Waals surface area contributed by atoms with E-state index < -0.39 is 0 Å². The Morgan fingerprint density at radius 2 is 1.14 bits per heavy atom. The largest absolute Gasteiger partial charge is 0.247 e. The summed E-state index contributed by atoms with van der Waals surface area (Å²) >= 11 is 6.16. The first-order chi connectivity index (χ1) is 17.7. The summed E-state index contributed by atoms with van der Waals surface area (Å²) in [6.45, 7) is 0. The van der Waals surface area contributed by atoms with Crippen LogP contribution in [-0.2, 0) is 0 Å². The minimum Gasteiger partial charge on any atom is -0.223 e. The standard InChI is InChI=1S/C31H23ClN4/c32-26-18-16-24(17-19-26)28-20-27(22-10-4-1-5-11-22)33-31(34-28)36-30(25-14-8-3-9-15-25)21-29(35-36)23-12-6-2-7-13-23/h1-20,30H,21H2. The van der Waals surface area contributed by atoms with Gasteiger partial charge in [0, 0.05) is 22.6 Å². The number of nitrogens with zero attached hydrogens (tertiary/aromatic N) is 4. The predicted octanol–water partition coefficient (Wildman–Crippen LogP) is 7.82. The number of halogens is 1. The molecule has 5 heteroatoms. The minimum absolute atomic E-state index is 0.00880. The summed E-state index contributed by atoms with van der Waals surface area (Å²) in [6, 6.07) is 40.7. The monoisotopic (exact) mass is 486 g/mol. The van der Waals surface area contributed by atoms with E-state index in [0.717, 1.165) is 40.2 Å². The molecule has 1 aliphatic heterocycles. The molecule has 0 N–H and O–H groups in total. The molecule has 36 heavy (non-hydrogen) atoms. The van der Waals surface area contributed by atoms with E-state index in [4.69, 9.17) is 26.7 Å². The first-order valence-electron chi connectivity index (χ1n) is 11.9. The van der Waals surface area contributed by atoms with Gasteiger partial charge in [-0.25, -0.2) is 15.0 Å². The molecule has 0 radical (unpaired) electrons. The van der Waals surface area contributed by atoms with Gasteiger partial charge in [-0.15, -0.1) is 0 Å². The molecule has 6 rings (SSSR count). The van der Waals surface area contributed by atoms with E-state index in [0.29, 0.717) is 11.0 Å². The first kappa shape index (κ1) is 22.2. The lowest BCUT2D eigenvalue weighted by Crippen LogP contribution is -2.21. The lowest BCUT2D eigenvalue weighted by molar-refractivity contribution is 0.687. The van der Waals surface area contributed by atoms with Gasteiger partial charge in [0.15, 0.2) is 0 Å². The van der Waals surface area contributed by atoms with E-state index in [9.17, 15) is 0 Å². The normalized spacial score (nSPS) is 15.1. The van der Waals surface area contributed by atoms with Crippen LogP contribution in [0.15, 0.2) is 126 Å². The maximum absolute atomic E-state index is 6.16. The molecule has 0 aliphatic carbocycles. The fraction of sp³-hybridized carbons (Fsp3) is 0.0645. The quantitative estimate of drug-likeness (QED) is 0.254. The van der Waals surface area contributed by atoms with Crippen molar-refractivity contribution >= 4 is 23.3 Å². The van der Waals surface area contributed by atoms with Gasteiger partial charge in [0.25, 0.3) is 0 Å². The van der Waals surface area contributed by atoms with E-state index in [1.165, 1.54) is 5.56 Å². The summed E-state index contributed by atoms with van der Waals surface area (Å²) in [5.74, 6) is 0.570. The van der Waals surface area contributed by atoms with Crippen molar-refractivity contribution in [1.29, 1.82) is 0 Å². The Labute approximate surface area is 215 Å². The summed E-state index contributed by atoms with van der Waals surface area (Å²) in [7, 11) is 0. The topological polar surface area (TPSA) is 41.4 Å². The Kier molecular flexibility index (Phi) is 6.02. The molecule has 0 fully saturated rings. The molecule has 1 unspecified atom stereocenters. The molecule has 4 nitrogen and oxygen atoms in total. The molecule has 0 spiro atoms.